The van der Waals surface area contributed by atoms with Gasteiger partial charge in [0, 0.05) is 10.9 Å². The zero-order chi connectivity index (χ0) is 17.9. The Morgan fingerprint density at radius 1 is 1.19 bits per heavy atom. The van der Waals surface area contributed by atoms with Crippen LogP contribution in [0.3, 0.4) is 0 Å². The summed E-state index contributed by atoms with van der Waals surface area (Å²) in [6.45, 7) is 0.548. The predicted molar refractivity (Wildman–Crippen MR) is 100 cm³/mol. The molecular weight excluding hydrogens is 350 g/mol. The lowest BCUT2D eigenvalue weighted by Gasteiger charge is -2.06. The maximum atomic E-state index is 11.7. The molecule has 0 saturated carbocycles. The van der Waals surface area contributed by atoms with Crippen LogP contribution in [0.25, 0.3) is 22.2 Å². The molecule has 4 aromatic rings. The molecule has 3 N–H and O–H groups in total. The molecule has 4 rings (SSSR count). The normalized spacial score (nSPS) is 10.8. The van der Waals surface area contributed by atoms with Gasteiger partial charge in [-0.3, -0.25) is 15.0 Å². The van der Waals surface area contributed by atoms with E-state index < -0.39 is 5.91 Å². The van der Waals surface area contributed by atoms with Crippen molar-refractivity contribution in [2.45, 2.75) is 6.54 Å². The van der Waals surface area contributed by atoms with Crippen molar-refractivity contribution in [1.82, 2.24) is 10.5 Å². The number of thiophene rings is 1. The number of nitrogens with one attached hydrogen (secondary N) is 2. The summed E-state index contributed by atoms with van der Waals surface area (Å²) in [6, 6.07) is 15.4. The molecule has 0 aliphatic rings. The molecule has 130 valence electrons. The predicted octanol–water partition coefficient (Wildman–Crippen LogP) is 4.29. The lowest BCUT2D eigenvalue weighted by Crippen LogP contribution is -2.17. The number of hydroxylamine groups is 1. The first kappa shape index (κ1) is 16.3. The van der Waals surface area contributed by atoms with Gasteiger partial charge in [-0.1, -0.05) is 18.2 Å². The fraction of sp³-hybridized carbons (Fsp3) is 0.0526. The summed E-state index contributed by atoms with van der Waals surface area (Å²) in [5.74, 6) is 0.305. The molecule has 1 aromatic carbocycles. The molecule has 7 heteroatoms. The summed E-state index contributed by atoms with van der Waals surface area (Å²) in [7, 11) is 0. The van der Waals surface area contributed by atoms with Crippen molar-refractivity contribution in [2.75, 3.05) is 5.32 Å². The topological polar surface area (TPSA) is 87.4 Å². The maximum Gasteiger partial charge on any atom is 0.285 e. The molecule has 0 bridgehead atoms. The summed E-state index contributed by atoms with van der Waals surface area (Å²) < 4.78 is 5.78. The largest absolute Gasteiger partial charge is 0.459 e. The van der Waals surface area contributed by atoms with Crippen LogP contribution in [0.15, 0.2) is 64.5 Å². The first-order valence-electron chi connectivity index (χ1n) is 7.94. The minimum atomic E-state index is -0.538. The molecule has 0 aliphatic carbocycles. The van der Waals surface area contributed by atoms with E-state index in [0.717, 1.165) is 22.4 Å². The Hall–Kier alpha value is -3.16. The van der Waals surface area contributed by atoms with E-state index in [9.17, 15) is 4.79 Å². The monoisotopic (exact) mass is 365 g/mol. The molecule has 0 radical (unpaired) electrons. The van der Waals surface area contributed by atoms with Crippen molar-refractivity contribution >= 4 is 33.9 Å². The van der Waals surface area contributed by atoms with Gasteiger partial charge in [0.2, 0.25) is 0 Å². The molecule has 0 atom stereocenters. The Morgan fingerprint density at radius 3 is 2.85 bits per heavy atom. The lowest BCUT2D eigenvalue weighted by molar-refractivity contribution is 0.0711. The summed E-state index contributed by atoms with van der Waals surface area (Å²) in [4.78, 5) is 16.5. The van der Waals surface area contributed by atoms with Crippen LogP contribution in [0.1, 0.15) is 15.4 Å². The van der Waals surface area contributed by atoms with Crippen LogP contribution in [0.5, 0.6) is 0 Å². The van der Waals surface area contributed by atoms with E-state index in [1.165, 1.54) is 11.3 Å². The second-order valence-corrected chi connectivity index (χ2v) is 6.56. The molecule has 1 amide bonds. The van der Waals surface area contributed by atoms with E-state index in [1.807, 2.05) is 42.5 Å². The van der Waals surface area contributed by atoms with Crippen molar-refractivity contribution < 1.29 is 14.4 Å². The molecule has 0 aliphatic heterocycles. The van der Waals surface area contributed by atoms with Gasteiger partial charge < -0.3 is 9.73 Å². The number of anilines is 1. The SMILES string of the molecule is O=C(NO)c1sccc1-c1ccc(NCc2cc3ccccc3o2)cn1. The number of benzene rings is 1. The third kappa shape index (κ3) is 3.17. The highest BCUT2D eigenvalue weighted by Gasteiger charge is 2.14. The second kappa shape index (κ2) is 6.99. The molecule has 0 saturated heterocycles. The average molecular weight is 365 g/mol. The van der Waals surface area contributed by atoms with Gasteiger partial charge in [-0.05, 0) is 35.7 Å². The Balaban J connectivity index is 1.48. The Bertz CT molecular complexity index is 1020. The van der Waals surface area contributed by atoms with Crippen LogP contribution >= 0.6 is 11.3 Å². The highest BCUT2D eigenvalue weighted by molar-refractivity contribution is 7.12. The summed E-state index contributed by atoms with van der Waals surface area (Å²) >= 11 is 1.25. The van der Waals surface area contributed by atoms with Gasteiger partial charge in [-0.25, -0.2) is 5.48 Å². The Labute approximate surface area is 153 Å². The number of hydrogen-bond donors (Lipinski definition) is 3. The van der Waals surface area contributed by atoms with E-state index in [1.54, 1.807) is 23.1 Å². The minimum absolute atomic E-state index is 0.419. The lowest BCUT2D eigenvalue weighted by atomic mass is 10.1. The molecule has 6 nitrogen and oxygen atoms in total. The number of amides is 1. The van der Waals surface area contributed by atoms with E-state index in [2.05, 4.69) is 10.3 Å². The molecule has 0 spiro atoms. The number of carbonyl (C=O) groups excluding carboxylic acids is 1. The first-order chi connectivity index (χ1) is 12.7. The Morgan fingerprint density at radius 2 is 2.08 bits per heavy atom. The van der Waals surface area contributed by atoms with E-state index >= 15 is 0 Å². The molecular formula is C19H15N3O3S. The number of carbonyl (C=O) groups is 1. The number of hydrogen-bond acceptors (Lipinski definition) is 6. The van der Waals surface area contributed by atoms with Crippen molar-refractivity contribution in [3.8, 4) is 11.3 Å². The molecule has 3 aromatic heterocycles. The number of rotatable bonds is 5. The van der Waals surface area contributed by atoms with Crippen molar-refractivity contribution in [1.29, 1.82) is 0 Å². The van der Waals surface area contributed by atoms with Crippen molar-refractivity contribution in [2.24, 2.45) is 0 Å². The van der Waals surface area contributed by atoms with Crippen LogP contribution in [0.4, 0.5) is 5.69 Å². The average Bonchev–Trinajstić information content (AvgIpc) is 3.32. The molecule has 3 heterocycles. The van der Waals surface area contributed by atoms with Crippen molar-refractivity contribution in [3.05, 3.63) is 70.7 Å². The number of aromatic nitrogens is 1. The van der Waals surface area contributed by atoms with Gasteiger partial charge in [0.15, 0.2) is 0 Å². The second-order valence-electron chi connectivity index (χ2n) is 5.64. The third-order valence-corrected chi connectivity index (χ3v) is 4.87. The van der Waals surface area contributed by atoms with Gasteiger partial charge in [0.1, 0.15) is 16.2 Å². The van der Waals surface area contributed by atoms with Crippen LogP contribution in [-0.2, 0) is 6.54 Å². The van der Waals surface area contributed by atoms with Gasteiger partial charge in [-0.15, -0.1) is 11.3 Å². The fourth-order valence-electron chi connectivity index (χ4n) is 2.71. The van der Waals surface area contributed by atoms with Gasteiger partial charge in [0.05, 0.1) is 24.1 Å². The van der Waals surface area contributed by atoms with E-state index in [0.29, 0.717) is 22.7 Å². The summed E-state index contributed by atoms with van der Waals surface area (Å²) in [5.41, 5.74) is 4.72. The summed E-state index contributed by atoms with van der Waals surface area (Å²) in [6.07, 6.45) is 1.70. The molecule has 26 heavy (non-hydrogen) atoms. The van der Waals surface area contributed by atoms with Gasteiger partial charge >= 0.3 is 0 Å². The highest BCUT2D eigenvalue weighted by Crippen LogP contribution is 2.27. The van der Waals surface area contributed by atoms with Gasteiger partial charge in [-0.2, -0.15) is 0 Å². The highest BCUT2D eigenvalue weighted by atomic mass is 32.1. The first-order valence-corrected chi connectivity index (χ1v) is 8.82. The van der Waals surface area contributed by atoms with Crippen LogP contribution in [0, 0.1) is 0 Å². The standard InChI is InChI=1S/C19H15N3O3S/c23-19(22-24)18-15(7-8-26-18)16-6-5-13(10-21-16)20-11-14-9-12-3-1-2-4-17(12)25-14/h1-10,20,24H,11H2,(H,22,23). The molecule has 0 fully saturated rings. The van der Waals surface area contributed by atoms with E-state index in [4.69, 9.17) is 9.62 Å². The number of fused-ring (bicyclic) bond motifs is 1. The van der Waals surface area contributed by atoms with Crippen LogP contribution in [0.2, 0.25) is 0 Å². The zero-order valence-corrected chi connectivity index (χ0v) is 14.4. The van der Waals surface area contributed by atoms with Crippen LogP contribution in [-0.4, -0.2) is 16.1 Å². The maximum absolute atomic E-state index is 11.7. The van der Waals surface area contributed by atoms with Gasteiger partial charge in [0.25, 0.3) is 5.91 Å². The molecule has 0 unspecified atom stereocenters. The number of nitrogens with zero attached hydrogens (tertiary/aromatic N) is 1. The van der Waals surface area contributed by atoms with Crippen LogP contribution < -0.4 is 10.8 Å². The number of para-hydroxylation sites is 1. The minimum Gasteiger partial charge on any atom is -0.459 e. The number of pyridine rings is 1. The fourth-order valence-corrected chi connectivity index (χ4v) is 3.50. The zero-order valence-electron chi connectivity index (χ0n) is 13.6. The third-order valence-electron chi connectivity index (χ3n) is 3.96. The summed E-state index contributed by atoms with van der Waals surface area (Å²) in [5, 5.41) is 15.0. The quantitative estimate of drug-likeness (QED) is 0.363. The smallest absolute Gasteiger partial charge is 0.285 e. The van der Waals surface area contributed by atoms with E-state index in [-0.39, 0.29) is 0 Å². The van der Waals surface area contributed by atoms with Crippen molar-refractivity contribution in [3.63, 3.8) is 0 Å². The Kier molecular flexibility index (Phi) is 4.39. The number of furan rings is 1.